The highest BCUT2D eigenvalue weighted by atomic mass is 32.1. The summed E-state index contributed by atoms with van der Waals surface area (Å²) in [6.07, 6.45) is 4.07. The summed E-state index contributed by atoms with van der Waals surface area (Å²) in [7, 11) is 0. The second kappa shape index (κ2) is 4.01. The highest BCUT2D eigenvalue weighted by Crippen LogP contribution is 2.17. The van der Waals surface area contributed by atoms with E-state index in [9.17, 15) is 9.90 Å². The van der Waals surface area contributed by atoms with Crippen molar-refractivity contribution in [2.45, 2.75) is 0 Å². The van der Waals surface area contributed by atoms with Crippen molar-refractivity contribution in [2.24, 2.45) is 0 Å². The van der Waals surface area contributed by atoms with E-state index < -0.39 is 5.91 Å². The van der Waals surface area contributed by atoms with Gasteiger partial charge < -0.3 is 10.4 Å². The molecule has 0 unspecified atom stereocenters. The molecule has 0 aliphatic carbocycles. The van der Waals surface area contributed by atoms with E-state index >= 15 is 0 Å². The minimum atomic E-state index is -0.416. The predicted molar refractivity (Wildman–Crippen MR) is 53.8 cm³/mol. The molecule has 0 saturated heterocycles. The number of nitrogens with one attached hydrogen (secondary N) is 1. The van der Waals surface area contributed by atoms with Gasteiger partial charge in [0.25, 0.3) is 5.91 Å². The first-order chi connectivity index (χ1) is 7.27. The molecule has 0 aliphatic heterocycles. The number of carbonyl (C=O) groups is 1. The van der Waals surface area contributed by atoms with E-state index in [0.717, 1.165) is 11.5 Å². The quantitative estimate of drug-likeness (QED) is 0.787. The van der Waals surface area contributed by atoms with Gasteiger partial charge in [0.1, 0.15) is 10.8 Å². The molecular formula is C8H6N4O2S. The van der Waals surface area contributed by atoms with Crippen LogP contribution in [0.1, 0.15) is 10.4 Å². The van der Waals surface area contributed by atoms with Gasteiger partial charge in [0.15, 0.2) is 0 Å². The molecule has 2 aromatic heterocycles. The molecule has 2 heterocycles. The van der Waals surface area contributed by atoms with Gasteiger partial charge in [0.2, 0.25) is 0 Å². The summed E-state index contributed by atoms with van der Waals surface area (Å²) in [4.78, 5) is 15.3. The SMILES string of the molecule is O=C(Nc1cnns1)c1ccncc1O. The van der Waals surface area contributed by atoms with Gasteiger partial charge >= 0.3 is 0 Å². The third-order valence-corrected chi connectivity index (χ3v) is 2.22. The first kappa shape index (κ1) is 9.53. The zero-order chi connectivity index (χ0) is 10.7. The lowest BCUT2D eigenvalue weighted by Gasteiger charge is -2.02. The lowest BCUT2D eigenvalue weighted by Crippen LogP contribution is -2.11. The molecule has 0 atom stereocenters. The minimum absolute atomic E-state index is 0.160. The van der Waals surface area contributed by atoms with Crippen molar-refractivity contribution < 1.29 is 9.90 Å². The fraction of sp³-hybridized carbons (Fsp3) is 0. The van der Waals surface area contributed by atoms with Crippen LogP contribution in [0.3, 0.4) is 0 Å². The van der Waals surface area contributed by atoms with Crippen LogP contribution in [0.15, 0.2) is 24.7 Å². The van der Waals surface area contributed by atoms with E-state index in [1.807, 2.05) is 0 Å². The average Bonchev–Trinajstić information content (AvgIpc) is 2.71. The van der Waals surface area contributed by atoms with Gasteiger partial charge in [0.05, 0.1) is 18.0 Å². The van der Waals surface area contributed by atoms with Crippen molar-refractivity contribution in [3.8, 4) is 5.75 Å². The van der Waals surface area contributed by atoms with Crippen molar-refractivity contribution in [1.29, 1.82) is 0 Å². The van der Waals surface area contributed by atoms with Crippen molar-refractivity contribution in [2.75, 3.05) is 5.32 Å². The average molecular weight is 222 g/mol. The van der Waals surface area contributed by atoms with Crippen molar-refractivity contribution in [3.05, 3.63) is 30.2 Å². The molecule has 0 spiro atoms. The second-order valence-corrected chi connectivity index (χ2v) is 3.41. The first-order valence-corrected chi connectivity index (χ1v) is 4.76. The van der Waals surface area contributed by atoms with E-state index in [1.54, 1.807) is 0 Å². The smallest absolute Gasteiger partial charge is 0.260 e. The second-order valence-electron chi connectivity index (χ2n) is 2.63. The fourth-order valence-electron chi connectivity index (χ4n) is 0.980. The number of rotatable bonds is 2. The van der Waals surface area contributed by atoms with E-state index in [0.29, 0.717) is 5.00 Å². The third-order valence-electron chi connectivity index (χ3n) is 1.64. The van der Waals surface area contributed by atoms with E-state index in [4.69, 9.17) is 0 Å². The van der Waals surface area contributed by atoms with Gasteiger partial charge in [-0.05, 0) is 6.07 Å². The number of hydrogen-bond acceptors (Lipinski definition) is 6. The van der Waals surface area contributed by atoms with Crippen LogP contribution in [-0.4, -0.2) is 25.6 Å². The van der Waals surface area contributed by atoms with Crippen LogP contribution in [-0.2, 0) is 0 Å². The Hall–Kier alpha value is -2.02. The molecule has 0 saturated carbocycles. The highest BCUT2D eigenvalue weighted by molar-refractivity contribution is 7.10. The van der Waals surface area contributed by atoms with Crippen LogP contribution < -0.4 is 5.32 Å². The van der Waals surface area contributed by atoms with Crippen LogP contribution in [0.25, 0.3) is 0 Å². The molecule has 0 radical (unpaired) electrons. The molecule has 0 aliphatic rings. The molecule has 0 fully saturated rings. The first-order valence-electron chi connectivity index (χ1n) is 3.99. The Balaban J connectivity index is 2.19. The zero-order valence-corrected chi connectivity index (χ0v) is 8.23. The van der Waals surface area contributed by atoms with Gasteiger partial charge in [-0.25, -0.2) is 0 Å². The summed E-state index contributed by atoms with van der Waals surface area (Å²) >= 11 is 1.06. The van der Waals surface area contributed by atoms with Gasteiger partial charge in [-0.15, -0.1) is 5.10 Å². The maximum atomic E-state index is 11.6. The van der Waals surface area contributed by atoms with Crippen molar-refractivity contribution >= 4 is 22.4 Å². The number of aromatic hydroxyl groups is 1. The molecular weight excluding hydrogens is 216 g/mol. The van der Waals surface area contributed by atoms with Crippen LogP contribution in [0.2, 0.25) is 0 Å². The molecule has 2 aromatic rings. The lowest BCUT2D eigenvalue weighted by atomic mass is 10.2. The topological polar surface area (TPSA) is 88.0 Å². The summed E-state index contributed by atoms with van der Waals surface area (Å²) in [5.74, 6) is -0.576. The van der Waals surface area contributed by atoms with Gasteiger partial charge in [-0.2, -0.15) is 0 Å². The van der Waals surface area contributed by atoms with E-state index in [-0.39, 0.29) is 11.3 Å². The van der Waals surface area contributed by atoms with Crippen molar-refractivity contribution in [3.63, 3.8) is 0 Å². The van der Waals surface area contributed by atoms with Crippen LogP contribution in [0, 0.1) is 0 Å². The summed E-state index contributed by atoms with van der Waals surface area (Å²) in [6, 6.07) is 1.43. The molecule has 0 aromatic carbocycles. The summed E-state index contributed by atoms with van der Waals surface area (Å²) in [6.45, 7) is 0. The van der Waals surface area contributed by atoms with Gasteiger partial charge in [-0.3, -0.25) is 9.78 Å². The predicted octanol–water partition coefficient (Wildman–Crippen LogP) is 0.891. The largest absolute Gasteiger partial charge is 0.505 e. The van der Waals surface area contributed by atoms with Crippen LogP contribution in [0.4, 0.5) is 5.00 Å². The standard InChI is InChI=1S/C8H6N4O2S/c13-6-3-9-2-1-5(6)8(14)11-7-4-10-12-15-7/h1-4,13H,(H,11,14). The molecule has 15 heavy (non-hydrogen) atoms. The Kier molecular flexibility index (Phi) is 2.55. The van der Waals surface area contributed by atoms with Gasteiger partial charge in [-0.1, -0.05) is 4.49 Å². The van der Waals surface area contributed by atoms with Crippen LogP contribution in [0.5, 0.6) is 5.75 Å². The Morgan fingerprint density at radius 2 is 2.33 bits per heavy atom. The molecule has 7 heteroatoms. The third kappa shape index (κ3) is 2.08. The monoisotopic (exact) mass is 222 g/mol. The molecule has 0 bridgehead atoms. The maximum Gasteiger partial charge on any atom is 0.260 e. The maximum absolute atomic E-state index is 11.6. The minimum Gasteiger partial charge on any atom is -0.505 e. The molecule has 1 amide bonds. The number of hydrogen-bond donors (Lipinski definition) is 2. The fourth-order valence-corrected chi connectivity index (χ4v) is 1.39. The highest BCUT2D eigenvalue weighted by Gasteiger charge is 2.11. The van der Waals surface area contributed by atoms with Crippen molar-refractivity contribution in [1.82, 2.24) is 14.6 Å². The van der Waals surface area contributed by atoms with E-state index in [2.05, 4.69) is 19.9 Å². The molecule has 2 rings (SSSR count). The Bertz CT molecular complexity index is 471. The molecule has 6 nitrogen and oxygen atoms in total. The number of nitrogens with zero attached hydrogens (tertiary/aromatic N) is 3. The van der Waals surface area contributed by atoms with Crippen LogP contribution >= 0.6 is 11.5 Å². The molecule has 76 valence electrons. The Labute approximate surface area is 88.8 Å². The lowest BCUT2D eigenvalue weighted by molar-refractivity contribution is 0.102. The zero-order valence-electron chi connectivity index (χ0n) is 7.41. The number of carbonyl (C=O) groups excluding carboxylic acids is 1. The molecule has 2 N–H and O–H groups in total. The number of aromatic nitrogens is 3. The Morgan fingerprint density at radius 1 is 1.47 bits per heavy atom. The van der Waals surface area contributed by atoms with E-state index in [1.165, 1.54) is 24.7 Å². The number of pyridine rings is 1. The summed E-state index contributed by atoms with van der Waals surface area (Å²) < 4.78 is 3.59. The van der Waals surface area contributed by atoms with Gasteiger partial charge in [0, 0.05) is 17.7 Å². The number of anilines is 1. The summed E-state index contributed by atoms with van der Waals surface area (Å²) in [5.41, 5.74) is 0.165. The Morgan fingerprint density at radius 3 is 3.00 bits per heavy atom. The number of amides is 1. The summed E-state index contributed by atoms with van der Waals surface area (Å²) in [5, 5.41) is 16.0. The normalized spacial score (nSPS) is 9.87.